The molecule has 0 bridgehead atoms. The number of nitrogens with zero attached hydrogens (tertiary/aromatic N) is 2. The third-order valence-electron chi connectivity index (χ3n) is 6.15. The minimum atomic E-state index is -0.195. The van der Waals surface area contributed by atoms with Gasteiger partial charge in [-0.3, -0.25) is 9.69 Å². The highest BCUT2D eigenvalue weighted by Crippen LogP contribution is 2.26. The third-order valence-corrected chi connectivity index (χ3v) is 7.09. The van der Waals surface area contributed by atoms with Crippen molar-refractivity contribution in [2.45, 2.75) is 19.0 Å². The highest BCUT2D eigenvalue weighted by Gasteiger charge is 2.18. The van der Waals surface area contributed by atoms with Crippen molar-refractivity contribution in [3.05, 3.63) is 113 Å². The summed E-state index contributed by atoms with van der Waals surface area (Å²) in [6.45, 7) is 4.44. The van der Waals surface area contributed by atoms with Crippen LogP contribution in [0.3, 0.4) is 0 Å². The second kappa shape index (κ2) is 11.4. The van der Waals surface area contributed by atoms with E-state index in [1.165, 1.54) is 5.56 Å². The Bertz CT molecular complexity index is 1200. The first-order valence-electron chi connectivity index (χ1n) is 12.0. The van der Waals surface area contributed by atoms with E-state index >= 15 is 0 Å². The number of amides is 1. The number of carbonyl (C=O) groups excluding carboxylic acids is 1. The number of carbonyl (C=O) groups is 1. The lowest BCUT2D eigenvalue weighted by atomic mass is 9.98. The molecule has 0 aliphatic carbocycles. The van der Waals surface area contributed by atoms with E-state index in [-0.39, 0.29) is 18.4 Å². The molecular formula is C29H29N3O2S. The number of ether oxygens (including phenoxy) is 1. The quantitative estimate of drug-likeness (QED) is 0.379. The maximum absolute atomic E-state index is 13.0. The molecule has 1 amide bonds. The van der Waals surface area contributed by atoms with Crippen LogP contribution in [-0.2, 0) is 22.5 Å². The molecule has 178 valence electrons. The van der Waals surface area contributed by atoms with E-state index in [9.17, 15) is 4.79 Å². The highest BCUT2D eigenvalue weighted by molar-refractivity contribution is 7.13. The van der Waals surface area contributed by atoms with E-state index in [1.54, 1.807) is 11.3 Å². The van der Waals surface area contributed by atoms with Crippen LogP contribution in [0.4, 0.5) is 0 Å². The molecule has 1 saturated heterocycles. The number of thiazole rings is 1. The minimum absolute atomic E-state index is 0.0411. The smallest absolute Gasteiger partial charge is 0.226 e. The number of rotatable bonds is 8. The van der Waals surface area contributed by atoms with Crippen molar-refractivity contribution >= 4 is 17.2 Å². The molecule has 1 N–H and O–H groups in total. The van der Waals surface area contributed by atoms with Gasteiger partial charge in [-0.15, -0.1) is 11.3 Å². The average molecular weight is 484 g/mol. The van der Waals surface area contributed by atoms with Crippen LogP contribution < -0.4 is 5.32 Å². The molecule has 6 heteroatoms. The summed E-state index contributed by atoms with van der Waals surface area (Å²) in [4.78, 5) is 20.2. The second-order valence-electron chi connectivity index (χ2n) is 8.73. The normalized spacial score (nSPS) is 14.2. The van der Waals surface area contributed by atoms with Crippen LogP contribution >= 0.6 is 11.3 Å². The number of aromatic nitrogens is 1. The Hall–Kier alpha value is -3.32. The molecule has 1 aliphatic rings. The minimum Gasteiger partial charge on any atom is -0.379 e. The summed E-state index contributed by atoms with van der Waals surface area (Å²) in [5.41, 5.74) is 5.28. The molecule has 1 aliphatic heterocycles. The first-order valence-corrected chi connectivity index (χ1v) is 12.9. The van der Waals surface area contributed by atoms with Crippen molar-refractivity contribution in [2.75, 3.05) is 26.3 Å². The van der Waals surface area contributed by atoms with Crippen LogP contribution in [0.5, 0.6) is 0 Å². The summed E-state index contributed by atoms with van der Waals surface area (Å²) in [7, 11) is 0. The molecule has 4 aromatic rings. The molecule has 0 radical (unpaired) electrons. The number of morpholine rings is 1. The predicted molar refractivity (Wildman–Crippen MR) is 140 cm³/mol. The van der Waals surface area contributed by atoms with Gasteiger partial charge in [-0.05, 0) is 22.8 Å². The van der Waals surface area contributed by atoms with Crippen LogP contribution in [0.15, 0.2) is 90.3 Å². The van der Waals surface area contributed by atoms with Crippen LogP contribution in [0.25, 0.3) is 10.6 Å². The van der Waals surface area contributed by atoms with Gasteiger partial charge in [0.2, 0.25) is 5.91 Å². The van der Waals surface area contributed by atoms with E-state index in [2.05, 4.69) is 34.5 Å². The van der Waals surface area contributed by atoms with Crippen LogP contribution in [0.2, 0.25) is 0 Å². The fraction of sp³-hybridized carbons (Fsp3) is 0.241. The van der Waals surface area contributed by atoms with Crippen molar-refractivity contribution in [3.8, 4) is 10.6 Å². The Morgan fingerprint density at radius 2 is 1.63 bits per heavy atom. The summed E-state index contributed by atoms with van der Waals surface area (Å²) >= 11 is 1.59. The zero-order chi connectivity index (χ0) is 23.9. The average Bonchev–Trinajstić information content (AvgIpc) is 3.37. The molecule has 0 atom stereocenters. The Kier molecular flexibility index (Phi) is 7.63. The van der Waals surface area contributed by atoms with Gasteiger partial charge in [0.05, 0.1) is 31.4 Å². The Morgan fingerprint density at radius 1 is 0.943 bits per heavy atom. The van der Waals surface area contributed by atoms with Crippen LogP contribution in [0, 0.1) is 0 Å². The maximum Gasteiger partial charge on any atom is 0.226 e. The largest absolute Gasteiger partial charge is 0.379 e. The first-order chi connectivity index (χ1) is 17.2. The lowest BCUT2D eigenvalue weighted by Crippen LogP contribution is -2.35. The second-order valence-corrected chi connectivity index (χ2v) is 9.59. The fourth-order valence-corrected chi connectivity index (χ4v) is 5.18. The fourth-order valence-electron chi connectivity index (χ4n) is 4.37. The van der Waals surface area contributed by atoms with Gasteiger partial charge >= 0.3 is 0 Å². The van der Waals surface area contributed by atoms with E-state index < -0.39 is 0 Å². The number of nitrogens with one attached hydrogen (secondary N) is 1. The molecule has 0 spiro atoms. The first kappa shape index (κ1) is 23.4. The highest BCUT2D eigenvalue weighted by atomic mass is 32.1. The zero-order valence-corrected chi connectivity index (χ0v) is 20.4. The van der Waals surface area contributed by atoms with Crippen molar-refractivity contribution in [1.82, 2.24) is 15.2 Å². The predicted octanol–water partition coefficient (Wildman–Crippen LogP) is 5.09. The van der Waals surface area contributed by atoms with Gasteiger partial charge in [-0.2, -0.15) is 0 Å². The van der Waals surface area contributed by atoms with Crippen molar-refractivity contribution in [1.29, 1.82) is 0 Å². The third kappa shape index (κ3) is 6.22. The molecule has 5 rings (SSSR count). The zero-order valence-electron chi connectivity index (χ0n) is 19.6. The van der Waals surface area contributed by atoms with Crippen molar-refractivity contribution < 1.29 is 9.53 Å². The van der Waals surface area contributed by atoms with Crippen LogP contribution in [-0.4, -0.2) is 42.1 Å². The summed E-state index contributed by atoms with van der Waals surface area (Å²) in [6, 6.07) is 28.5. The number of hydrogen-bond donors (Lipinski definition) is 1. The lowest BCUT2D eigenvalue weighted by molar-refractivity contribution is -0.121. The molecule has 1 aromatic heterocycles. The summed E-state index contributed by atoms with van der Waals surface area (Å²) in [5.74, 6) is -0.0411. The summed E-state index contributed by atoms with van der Waals surface area (Å²) < 4.78 is 5.46. The molecule has 3 aromatic carbocycles. The van der Waals surface area contributed by atoms with E-state index in [0.717, 1.165) is 60.2 Å². The molecule has 35 heavy (non-hydrogen) atoms. The molecule has 0 saturated carbocycles. The van der Waals surface area contributed by atoms with Gasteiger partial charge in [0.15, 0.2) is 0 Å². The molecule has 2 heterocycles. The SMILES string of the molecule is O=C(Cc1csc(-c2cccc(CN3CCOCC3)c2)n1)NC(c1ccccc1)c1ccccc1. The Labute approximate surface area is 210 Å². The number of hydrogen-bond acceptors (Lipinski definition) is 5. The summed E-state index contributed by atoms with van der Waals surface area (Å²) in [6.07, 6.45) is 0.250. The van der Waals surface area contributed by atoms with Gasteiger partial charge in [0.1, 0.15) is 5.01 Å². The van der Waals surface area contributed by atoms with Crippen molar-refractivity contribution in [3.63, 3.8) is 0 Å². The van der Waals surface area contributed by atoms with Crippen molar-refractivity contribution in [2.24, 2.45) is 0 Å². The maximum atomic E-state index is 13.0. The molecular weight excluding hydrogens is 454 g/mol. The van der Waals surface area contributed by atoms with Gasteiger partial charge in [0.25, 0.3) is 0 Å². The Morgan fingerprint density at radius 3 is 2.31 bits per heavy atom. The van der Waals surface area contributed by atoms with Gasteiger partial charge in [-0.25, -0.2) is 4.98 Å². The monoisotopic (exact) mass is 483 g/mol. The lowest BCUT2D eigenvalue weighted by Gasteiger charge is -2.26. The molecule has 5 nitrogen and oxygen atoms in total. The topological polar surface area (TPSA) is 54.5 Å². The van der Waals surface area contributed by atoms with Crippen LogP contribution in [0.1, 0.15) is 28.4 Å². The summed E-state index contributed by atoms with van der Waals surface area (Å²) in [5, 5.41) is 6.15. The Balaban J connectivity index is 1.26. The van der Waals surface area contributed by atoms with Gasteiger partial charge in [-0.1, -0.05) is 78.9 Å². The van der Waals surface area contributed by atoms with E-state index in [0.29, 0.717) is 0 Å². The standard InChI is InChI=1S/C29H29N3O2S/c33-27(31-28(23-9-3-1-4-10-23)24-11-5-2-6-12-24)19-26-21-35-29(30-26)25-13-7-8-22(18-25)20-32-14-16-34-17-15-32/h1-13,18,21,28H,14-17,19-20H2,(H,31,33). The van der Waals surface area contributed by atoms with Gasteiger partial charge < -0.3 is 10.1 Å². The van der Waals surface area contributed by atoms with E-state index in [4.69, 9.17) is 9.72 Å². The molecule has 0 unspecified atom stereocenters. The molecule has 1 fully saturated rings. The van der Waals surface area contributed by atoms with Gasteiger partial charge in [0, 0.05) is 30.6 Å². The van der Waals surface area contributed by atoms with E-state index in [1.807, 2.05) is 66.0 Å². The number of benzene rings is 3.